The second-order valence-electron chi connectivity index (χ2n) is 4.50. The van der Waals surface area contributed by atoms with E-state index in [-0.39, 0.29) is 17.8 Å². The van der Waals surface area contributed by atoms with Crippen molar-refractivity contribution in [3.05, 3.63) is 46.0 Å². The Kier molecular flexibility index (Phi) is 2.52. The molecule has 2 heterocycles. The second-order valence-corrected chi connectivity index (χ2v) is 4.50. The summed E-state index contributed by atoms with van der Waals surface area (Å²) in [5.41, 5.74) is 1.56. The first kappa shape index (κ1) is 11.7. The first-order chi connectivity index (χ1) is 9.11. The van der Waals surface area contributed by atoms with Crippen LogP contribution in [0.4, 0.5) is 0 Å². The van der Waals surface area contributed by atoms with Crippen LogP contribution in [-0.4, -0.2) is 5.78 Å². The van der Waals surface area contributed by atoms with Gasteiger partial charge in [0.1, 0.15) is 16.7 Å². The van der Waals surface area contributed by atoms with E-state index in [1.165, 1.54) is 0 Å². The molecule has 3 rings (SSSR count). The SMILES string of the molecule is CCC(=O)c1cc2ccc3occ(C)c3c2oc1=O. The first-order valence-electron chi connectivity index (χ1n) is 6.09. The summed E-state index contributed by atoms with van der Waals surface area (Å²) in [5.74, 6) is -0.209. The molecule has 0 bridgehead atoms. The zero-order valence-electron chi connectivity index (χ0n) is 10.6. The molecule has 2 aromatic heterocycles. The molecule has 0 aliphatic carbocycles. The molecule has 0 aliphatic heterocycles. The molecule has 0 fully saturated rings. The average Bonchev–Trinajstić information content (AvgIpc) is 2.79. The minimum absolute atomic E-state index is 0.107. The average molecular weight is 256 g/mol. The van der Waals surface area contributed by atoms with Crippen molar-refractivity contribution >= 4 is 27.7 Å². The Bertz CT molecular complexity index is 852. The molecule has 3 aromatic rings. The van der Waals surface area contributed by atoms with Gasteiger partial charge in [-0.2, -0.15) is 0 Å². The van der Waals surface area contributed by atoms with Crippen molar-refractivity contribution in [3.8, 4) is 0 Å². The highest BCUT2D eigenvalue weighted by molar-refractivity contribution is 6.06. The lowest BCUT2D eigenvalue weighted by Gasteiger charge is -2.01. The Labute approximate surface area is 108 Å². The van der Waals surface area contributed by atoms with E-state index in [0.717, 1.165) is 16.3 Å². The summed E-state index contributed by atoms with van der Waals surface area (Å²) in [5, 5.41) is 1.51. The van der Waals surface area contributed by atoms with E-state index >= 15 is 0 Å². The van der Waals surface area contributed by atoms with Gasteiger partial charge in [0.25, 0.3) is 0 Å². The zero-order chi connectivity index (χ0) is 13.6. The van der Waals surface area contributed by atoms with Gasteiger partial charge < -0.3 is 8.83 Å². The van der Waals surface area contributed by atoms with Gasteiger partial charge in [-0.05, 0) is 30.7 Å². The molecule has 0 N–H and O–H groups in total. The van der Waals surface area contributed by atoms with Gasteiger partial charge in [0.15, 0.2) is 5.78 Å². The van der Waals surface area contributed by atoms with Crippen LogP contribution in [0.25, 0.3) is 21.9 Å². The molecule has 0 unspecified atom stereocenters. The maximum atomic E-state index is 11.9. The summed E-state index contributed by atoms with van der Waals surface area (Å²) in [6, 6.07) is 5.19. The van der Waals surface area contributed by atoms with Crippen LogP contribution >= 0.6 is 0 Å². The van der Waals surface area contributed by atoms with Crippen molar-refractivity contribution in [2.45, 2.75) is 20.3 Å². The topological polar surface area (TPSA) is 60.4 Å². The van der Waals surface area contributed by atoms with Gasteiger partial charge in [0.2, 0.25) is 0 Å². The van der Waals surface area contributed by atoms with Crippen LogP contribution in [0.15, 0.2) is 38.1 Å². The Balaban J connectivity index is 2.44. The quantitative estimate of drug-likeness (QED) is 0.520. The number of ketones is 1. The highest BCUT2D eigenvalue weighted by Gasteiger charge is 2.15. The number of aryl methyl sites for hydroxylation is 1. The van der Waals surface area contributed by atoms with E-state index in [1.54, 1.807) is 25.3 Å². The largest absolute Gasteiger partial charge is 0.464 e. The number of carbonyl (C=O) groups is 1. The summed E-state index contributed by atoms with van der Waals surface area (Å²) in [4.78, 5) is 23.6. The number of fused-ring (bicyclic) bond motifs is 3. The molecule has 0 aliphatic rings. The maximum Gasteiger partial charge on any atom is 0.347 e. The number of Topliss-reactive ketones (excluding diaryl/α,β-unsaturated/α-hetero) is 1. The third-order valence-electron chi connectivity index (χ3n) is 3.24. The van der Waals surface area contributed by atoms with Crippen molar-refractivity contribution in [2.75, 3.05) is 0 Å². The van der Waals surface area contributed by atoms with E-state index in [9.17, 15) is 9.59 Å². The highest BCUT2D eigenvalue weighted by Crippen LogP contribution is 2.29. The molecule has 0 saturated carbocycles. The lowest BCUT2D eigenvalue weighted by Crippen LogP contribution is -2.12. The fourth-order valence-electron chi connectivity index (χ4n) is 2.23. The molecular formula is C15H12O4. The lowest BCUT2D eigenvalue weighted by atomic mass is 10.1. The first-order valence-corrected chi connectivity index (χ1v) is 6.09. The van der Waals surface area contributed by atoms with Gasteiger partial charge in [0.05, 0.1) is 11.6 Å². The van der Waals surface area contributed by atoms with Crippen molar-refractivity contribution in [2.24, 2.45) is 0 Å². The predicted octanol–water partition coefficient (Wildman–Crippen LogP) is 3.44. The molecule has 96 valence electrons. The second kappa shape index (κ2) is 4.09. The third-order valence-corrected chi connectivity index (χ3v) is 3.24. The van der Waals surface area contributed by atoms with Gasteiger partial charge in [0, 0.05) is 11.8 Å². The van der Waals surface area contributed by atoms with Crippen LogP contribution in [-0.2, 0) is 0 Å². The van der Waals surface area contributed by atoms with Gasteiger partial charge in [-0.25, -0.2) is 4.79 Å². The van der Waals surface area contributed by atoms with Gasteiger partial charge >= 0.3 is 5.63 Å². The van der Waals surface area contributed by atoms with E-state index in [0.29, 0.717) is 11.2 Å². The molecule has 4 nitrogen and oxygen atoms in total. The number of furan rings is 1. The summed E-state index contributed by atoms with van der Waals surface area (Å²) >= 11 is 0. The summed E-state index contributed by atoms with van der Waals surface area (Å²) < 4.78 is 10.7. The fraction of sp³-hybridized carbons (Fsp3) is 0.200. The lowest BCUT2D eigenvalue weighted by molar-refractivity contribution is 0.0985. The van der Waals surface area contributed by atoms with E-state index < -0.39 is 5.63 Å². The summed E-state index contributed by atoms with van der Waals surface area (Å²) in [7, 11) is 0. The molecule has 0 atom stereocenters. The van der Waals surface area contributed by atoms with E-state index in [2.05, 4.69) is 0 Å². The maximum absolute atomic E-state index is 11.9. The van der Waals surface area contributed by atoms with Crippen LogP contribution in [0, 0.1) is 6.92 Å². The Hall–Kier alpha value is -2.36. The van der Waals surface area contributed by atoms with Crippen LogP contribution in [0.1, 0.15) is 29.3 Å². The molecule has 4 heteroatoms. The van der Waals surface area contributed by atoms with Crippen molar-refractivity contribution in [3.63, 3.8) is 0 Å². The molecule has 0 saturated heterocycles. The predicted molar refractivity (Wildman–Crippen MR) is 71.6 cm³/mol. The smallest absolute Gasteiger partial charge is 0.347 e. The van der Waals surface area contributed by atoms with Crippen LogP contribution in [0.5, 0.6) is 0 Å². The fourth-order valence-corrected chi connectivity index (χ4v) is 2.23. The normalized spacial score (nSPS) is 11.3. The summed E-state index contributed by atoms with van der Waals surface area (Å²) in [6.07, 6.45) is 1.90. The minimum Gasteiger partial charge on any atom is -0.464 e. The van der Waals surface area contributed by atoms with Crippen molar-refractivity contribution < 1.29 is 13.6 Å². The minimum atomic E-state index is -0.590. The highest BCUT2D eigenvalue weighted by atomic mass is 16.4. The monoisotopic (exact) mass is 256 g/mol. The number of hydrogen-bond donors (Lipinski definition) is 0. The molecule has 0 spiro atoms. The van der Waals surface area contributed by atoms with Gasteiger partial charge in [-0.1, -0.05) is 6.92 Å². The van der Waals surface area contributed by atoms with Crippen molar-refractivity contribution in [1.29, 1.82) is 0 Å². The number of carbonyl (C=O) groups excluding carboxylic acids is 1. The molecule has 0 radical (unpaired) electrons. The van der Waals surface area contributed by atoms with Crippen LogP contribution < -0.4 is 5.63 Å². The Morgan fingerprint density at radius 2 is 2.11 bits per heavy atom. The van der Waals surface area contributed by atoms with Crippen LogP contribution in [0.2, 0.25) is 0 Å². The van der Waals surface area contributed by atoms with Gasteiger partial charge in [-0.15, -0.1) is 0 Å². The summed E-state index contributed by atoms with van der Waals surface area (Å²) in [6.45, 7) is 3.60. The van der Waals surface area contributed by atoms with Crippen molar-refractivity contribution in [1.82, 2.24) is 0 Å². The molecule has 0 amide bonds. The number of hydrogen-bond acceptors (Lipinski definition) is 4. The van der Waals surface area contributed by atoms with E-state index in [1.807, 2.05) is 13.0 Å². The van der Waals surface area contributed by atoms with E-state index in [4.69, 9.17) is 8.83 Å². The van der Waals surface area contributed by atoms with Crippen LogP contribution in [0.3, 0.4) is 0 Å². The Morgan fingerprint density at radius 3 is 2.84 bits per heavy atom. The third kappa shape index (κ3) is 1.68. The molecule has 19 heavy (non-hydrogen) atoms. The number of benzene rings is 1. The standard InChI is InChI=1S/C15H12O4/c1-3-11(16)10-6-9-4-5-12-13(8(2)7-18-12)14(9)19-15(10)17/h4-7H,3H2,1-2H3. The Morgan fingerprint density at radius 1 is 1.32 bits per heavy atom. The number of rotatable bonds is 2. The molecular weight excluding hydrogens is 244 g/mol. The molecule has 1 aromatic carbocycles. The van der Waals surface area contributed by atoms with Gasteiger partial charge in [-0.3, -0.25) is 4.79 Å². The zero-order valence-corrected chi connectivity index (χ0v) is 10.6.